The Morgan fingerprint density at radius 1 is 1.46 bits per heavy atom. The first-order valence-electron chi connectivity index (χ1n) is 3.75. The van der Waals surface area contributed by atoms with E-state index in [4.69, 9.17) is 4.74 Å². The fraction of sp³-hybridized carbons (Fsp3) is 0.333. The maximum Gasteiger partial charge on any atom is 0.137 e. The number of hydrogen-bond donors (Lipinski definition) is 1. The largest absolute Gasteiger partial charge is 0.495 e. The van der Waals surface area contributed by atoms with E-state index in [9.17, 15) is 0 Å². The van der Waals surface area contributed by atoms with Crippen LogP contribution in [0.2, 0.25) is 0 Å². The molecule has 1 aromatic carbocycles. The Balaban J connectivity index is 0.00000144. The summed E-state index contributed by atoms with van der Waals surface area (Å²) in [5, 5.41) is 3.09. The molecular weight excluding hydrogens is 253 g/mol. The van der Waals surface area contributed by atoms with Gasteiger partial charge < -0.3 is 10.1 Å². The van der Waals surface area contributed by atoms with Gasteiger partial charge in [0.05, 0.1) is 11.6 Å². The number of nitrogens with one attached hydrogen (secondary N) is 1. The molecule has 1 N–H and O–H groups in total. The first-order valence-corrected chi connectivity index (χ1v) is 4.55. The summed E-state index contributed by atoms with van der Waals surface area (Å²) in [7, 11) is 3.60. The molecule has 0 heterocycles. The normalized spacial score (nSPS) is 9.15. The number of rotatable bonds is 3. The Morgan fingerprint density at radius 2 is 2.15 bits per heavy atom. The molecule has 0 aliphatic carbocycles. The fourth-order valence-electron chi connectivity index (χ4n) is 1.11. The molecule has 0 unspecified atom stereocenters. The summed E-state index contributed by atoms with van der Waals surface area (Å²) in [6, 6.07) is 6.01. The van der Waals surface area contributed by atoms with Crippen LogP contribution in [0.25, 0.3) is 0 Å². The van der Waals surface area contributed by atoms with Gasteiger partial charge in [-0.3, -0.25) is 0 Å². The maximum absolute atomic E-state index is 5.24. The molecule has 0 saturated carbocycles. The van der Waals surface area contributed by atoms with Crippen molar-refractivity contribution in [2.24, 2.45) is 0 Å². The molecule has 0 atom stereocenters. The molecule has 0 bridgehead atoms. The van der Waals surface area contributed by atoms with Crippen molar-refractivity contribution in [3.8, 4) is 5.75 Å². The molecular formula is C9H13BrClNO. The smallest absolute Gasteiger partial charge is 0.137 e. The van der Waals surface area contributed by atoms with Gasteiger partial charge in [-0.05, 0) is 29.0 Å². The highest BCUT2D eigenvalue weighted by atomic mass is 79.9. The van der Waals surface area contributed by atoms with Gasteiger partial charge in [0.25, 0.3) is 0 Å². The predicted octanol–water partition coefficient (Wildman–Crippen LogP) is 2.60. The number of para-hydroxylation sites is 1. The van der Waals surface area contributed by atoms with Crippen LogP contribution in [0.5, 0.6) is 5.75 Å². The summed E-state index contributed by atoms with van der Waals surface area (Å²) >= 11 is 3.42. The van der Waals surface area contributed by atoms with E-state index in [1.807, 2.05) is 25.2 Å². The van der Waals surface area contributed by atoms with E-state index in [0.29, 0.717) is 0 Å². The molecule has 0 spiro atoms. The minimum absolute atomic E-state index is 0. The zero-order valence-corrected chi connectivity index (χ0v) is 10.0. The van der Waals surface area contributed by atoms with Crippen molar-refractivity contribution in [3.05, 3.63) is 28.2 Å². The third-order valence-electron chi connectivity index (χ3n) is 1.62. The molecule has 2 nitrogen and oxygen atoms in total. The molecule has 4 heteroatoms. The minimum Gasteiger partial charge on any atom is -0.495 e. The quantitative estimate of drug-likeness (QED) is 0.908. The molecule has 1 rings (SSSR count). The molecule has 0 saturated heterocycles. The van der Waals surface area contributed by atoms with E-state index < -0.39 is 0 Å². The summed E-state index contributed by atoms with van der Waals surface area (Å²) in [5.74, 6) is 0.909. The van der Waals surface area contributed by atoms with Crippen molar-refractivity contribution < 1.29 is 4.74 Å². The van der Waals surface area contributed by atoms with Crippen molar-refractivity contribution in [2.45, 2.75) is 6.54 Å². The summed E-state index contributed by atoms with van der Waals surface area (Å²) < 4.78 is 6.24. The molecule has 0 radical (unpaired) electrons. The lowest BCUT2D eigenvalue weighted by Gasteiger charge is -2.09. The van der Waals surface area contributed by atoms with Crippen LogP contribution in [-0.2, 0) is 6.54 Å². The predicted molar refractivity (Wildman–Crippen MR) is 60.7 cm³/mol. The van der Waals surface area contributed by atoms with Crippen LogP contribution in [0, 0.1) is 0 Å². The van der Waals surface area contributed by atoms with Crippen LogP contribution in [0.3, 0.4) is 0 Å². The number of hydrogen-bond acceptors (Lipinski definition) is 2. The van der Waals surface area contributed by atoms with Crippen molar-refractivity contribution in [1.29, 1.82) is 0 Å². The lowest BCUT2D eigenvalue weighted by Crippen LogP contribution is -2.06. The highest BCUT2D eigenvalue weighted by molar-refractivity contribution is 9.10. The van der Waals surface area contributed by atoms with Crippen LogP contribution < -0.4 is 10.1 Å². The topological polar surface area (TPSA) is 21.3 Å². The first-order chi connectivity index (χ1) is 5.79. The lowest BCUT2D eigenvalue weighted by molar-refractivity contribution is 0.406. The molecule has 0 amide bonds. The lowest BCUT2D eigenvalue weighted by atomic mass is 10.2. The van der Waals surface area contributed by atoms with Gasteiger partial charge in [-0.25, -0.2) is 0 Å². The molecule has 0 fully saturated rings. The second-order valence-corrected chi connectivity index (χ2v) is 3.32. The molecule has 0 aromatic heterocycles. The van der Waals surface area contributed by atoms with Gasteiger partial charge in [0.15, 0.2) is 0 Å². The fourth-order valence-corrected chi connectivity index (χ4v) is 1.68. The number of halogens is 2. The van der Waals surface area contributed by atoms with Crippen molar-refractivity contribution in [1.82, 2.24) is 5.32 Å². The van der Waals surface area contributed by atoms with Crippen molar-refractivity contribution in [3.63, 3.8) is 0 Å². The Bertz CT molecular complexity index is 268. The zero-order valence-electron chi connectivity index (χ0n) is 7.63. The third kappa shape index (κ3) is 3.18. The number of ether oxygens (including phenoxy) is 1. The first kappa shape index (κ1) is 12.8. The highest BCUT2D eigenvalue weighted by Gasteiger charge is 2.04. The second kappa shape index (κ2) is 6.24. The van der Waals surface area contributed by atoms with E-state index in [-0.39, 0.29) is 12.4 Å². The van der Waals surface area contributed by atoms with Crippen molar-refractivity contribution in [2.75, 3.05) is 14.2 Å². The Morgan fingerprint density at radius 3 is 2.69 bits per heavy atom. The van der Waals surface area contributed by atoms with Crippen LogP contribution >= 0.6 is 28.3 Å². The molecule has 13 heavy (non-hydrogen) atoms. The summed E-state index contributed by atoms with van der Waals surface area (Å²) in [6.07, 6.45) is 0. The number of methoxy groups -OCH3 is 1. The Labute approximate surface area is 93.2 Å². The van der Waals surface area contributed by atoms with Crippen LogP contribution in [0.4, 0.5) is 0 Å². The van der Waals surface area contributed by atoms with E-state index in [1.165, 1.54) is 0 Å². The SMILES string of the molecule is CNCc1cccc(Br)c1OC.Cl. The van der Waals surface area contributed by atoms with Gasteiger partial charge in [0.2, 0.25) is 0 Å². The number of benzene rings is 1. The highest BCUT2D eigenvalue weighted by Crippen LogP contribution is 2.28. The van der Waals surface area contributed by atoms with Crippen LogP contribution in [0.15, 0.2) is 22.7 Å². The average molecular weight is 267 g/mol. The van der Waals surface area contributed by atoms with Gasteiger partial charge in [-0.15, -0.1) is 12.4 Å². The standard InChI is InChI=1S/C9H12BrNO.ClH/c1-11-6-7-4-3-5-8(10)9(7)12-2;/h3-5,11H,6H2,1-2H3;1H. The monoisotopic (exact) mass is 265 g/mol. The molecule has 74 valence electrons. The van der Waals surface area contributed by atoms with Gasteiger partial charge in [-0.1, -0.05) is 12.1 Å². The molecule has 1 aromatic rings. The third-order valence-corrected chi connectivity index (χ3v) is 2.24. The Kier molecular flexibility index (Phi) is 6.12. The Hall–Kier alpha value is -0.250. The minimum atomic E-state index is 0. The van der Waals surface area contributed by atoms with Crippen LogP contribution in [0.1, 0.15) is 5.56 Å². The van der Waals surface area contributed by atoms with E-state index in [2.05, 4.69) is 21.2 Å². The molecule has 0 aliphatic heterocycles. The zero-order chi connectivity index (χ0) is 8.97. The van der Waals surface area contributed by atoms with Gasteiger partial charge in [0, 0.05) is 12.1 Å². The summed E-state index contributed by atoms with van der Waals surface area (Å²) in [6.45, 7) is 0.822. The van der Waals surface area contributed by atoms with Gasteiger partial charge in [0.1, 0.15) is 5.75 Å². The second-order valence-electron chi connectivity index (χ2n) is 2.46. The summed E-state index contributed by atoms with van der Waals surface area (Å²) in [5.41, 5.74) is 1.16. The van der Waals surface area contributed by atoms with E-state index in [0.717, 1.165) is 22.3 Å². The summed E-state index contributed by atoms with van der Waals surface area (Å²) in [4.78, 5) is 0. The van der Waals surface area contributed by atoms with Gasteiger partial charge in [-0.2, -0.15) is 0 Å². The van der Waals surface area contributed by atoms with Crippen molar-refractivity contribution >= 4 is 28.3 Å². The van der Waals surface area contributed by atoms with E-state index >= 15 is 0 Å². The average Bonchev–Trinajstić information content (AvgIpc) is 2.05. The maximum atomic E-state index is 5.24. The van der Waals surface area contributed by atoms with E-state index in [1.54, 1.807) is 7.11 Å². The van der Waals surface area contributed by atoms with Crippen LogP contribution in [-0.4, -0.2) is 14.2 Å². The van der Waals surface area contributed by atoms with Gasteiger partial charge >= 0.3 is 0 Å². The molecule has 0 aliphatic rings.